The van der Waals surface area contributed by atoms with Crippen molar-refractivity contribution < 1.29 is 0 Å². The van der Waals surface area contributed by atoms with Gasteiger partial charge in [0.15, 0.2) is 5.43 Å². The molecule has 1 N–H and O–H groups in total. The molecule has 0 aliphatic carbocycles. The van der Waals surface area contributed by atoms with Crippen molar-refractivity contribution in [3.63, 3.8) is 0 Å². The van der Waals surface area contributed by atoms with Crippen LogP contribution in [0.3, 0.4) is 0 Å². The average Bonchev–Trinajstić information content (AvgIpc) is 2.01. The zero-order chi connectivity index (χ0) is 9.90. The lowest BCUT2D eigenvalue weighted by atomic mass is 10.3. The molecule has 0 aromatic carbocycles. The monoisotopic (exact) mass is 191 g/mol. The first kappa shape index (κ1) is 9.81. The van der Waals surface area contributed by atoms with Crippen LogP contribution in [-0.4, -0.2) is 13.1 Å². The highest BCUT2D eigenvalue weighted by Gasteiger charge is 2.07. The van der Waals surface area contributed by atoms with Crippen molar-refractivity contribution in [2.24, 2.45) is 0 Å². The van der Waals surface area contributed by atoms with E-state index in [1.807, 2.05) is 0 Å². The second-order valence-electron chi connectivity index (χ2n) is 3.92. The Labute approximate surface area is 79.0 Å². The number of aromatic nitrogens is 1. The molecule has 1 heterocycles. The van der Waals surface area contributed by atoms with Gasteiger partial charge in [0, 0.05) is 18.5 Å². The Balaban J connectivity index is 3.04. The number of H-pyrrole nitrogens is 1. The fourth-order valence-corrected chi connectivity index (χ4v) is 1.28. The summed E-state index contributed by atoms with van der Waals surface area (Å²) in [6.45, 7) is 6.45. The summed E-state index contributed by atoms with van der Waals surface area (Å²) in [6, 6.07) is 1.49. The lowest BCUT2D eigenvalue weighted by Crippen LogP contribution is -2.17. The highest BCUT2D eigenvalue weighted by Crippen LogP contribution is 1.97. The first-order valence-corrected chi connectivity index (χ1v) is 7.69. The van der Waals surface area contributed by atoms with Crippen LogP contribution in [-0.2, 0) is 0 Å². The molecule has 0 unspecified atom stereocenters. The second kappa shape index (κ2) is 3.63. The molecule has 0 atom stereocenters. The molecule has 0 fully saturated rings. The number of hydrogen-bond acceptors (Lipinski definition) is 1. The Bertz CT molecular complexity index is 403. The standard InChI is InChI=1S/C10H13NOSi/c1-13(2,3)7-5-9-8-11-6-4-10(9)12/h4,6,8H,1-3H3,(H,11,12). The predicted molar refractivity (Wildman–Crippen MR) is 57.3 cm³/mol. The molecule has 0 saturated carbocycles. The van der Waals surface area contributed by atoms with Crippen molar-refractivity contribution in [2.75, 3.05) is 0 Å². The molecular weight excluding hydrogens is 178 g/mol. The minimum Gasteiger partial charge on any atom is -0.366 e. The summed E-state index contributed by atoms with van der Waals surface area (Å²) in [5, 5.41) is 0. The molecule has 3 heteroatoms. The Morgan fingerprint density at radius 2 is 2.08 bits per heavy atom. The molecule has 0 saturated heterocycles. The van der Waals surface area contributed by atoms with Gasteiger partial charge < -0.3 is 4.98 Å². The molecule has 0 radical (unpaired) electrons. The molecule has 0 bridgehead atoms. The molecule has 0 amide bonds. The van der Waals surface area contributed by atoms with Gasteiger partial charge in [-0.3, -0.25) is 4.79 Å². The summed E-state index contributed by atoms with van der Waals surface area (Å²) >= 11 is 0. The van der Waals surface area contributed by atoms with Gasteiger partial charge in [0.05, 0.1) is 5.56 Å². The third kappa shape index (κ3) is 3.30. The summed E-state index contributed by atoms with van der Waals surface area (Å²) < 4.78 is 0. The van der Waals surface area contributed by atoms with Crippen LogP contribution in [0.15, 0.2) is 23.3 Å². The molecule has 0 aliphatic heterocycles. The fourth-order valence-electron chi connectivity index (χ4n) is 0.769. The summed E-state index contributed by atoms with van der Waals surface area (Å²) in [5.41, 5.74) is 3.70. The van der Waals surface area contributed by atoms with Crippen LogP contribution in [0, 0.1) is 11.5 Å². The first-order chi connectivity index (χ1) is 5.99. The van der Waals surface area contributed by atoms with Crippen LogP contribution in [0.2, 0.25) is 19.6 Å². The van der Waals surface area contributed by atoms with Crippen molar-refractivity contribution in [1.29, 1.82) is 0 Å². The van der Waals surface area contributed by atoms with E-state index in [2.05, 4.69) is 36.1 Å². The van der Waals surface area contributed by atoms with E-state index >= 15 is 0 Å². The number of nitrogens with one attached hydrogen (secondary N) is 1. The number of pyridine rings is 1. The lowest BCUT2D eigenvalue weighted by molar-refractivity contribution is 1.29. The smallest absolute Gasteiger partial charge is 0.197 e. The van der Waals surface area contributed by atoms with Crippen molar-refractivity contribution in [1.82, 2.24) is 4.98 Å². The Morgan fingerprint density at radius 3 is 2.62 bits per heavy atom. The SMILES string of the molecule is C[Si](C)(C)C#Cc1c[nH]ccc1=O. The quantitative estimate of drug-likeness (QED) is 0.490. The topological polar surface area (TPSA) is 32.9 Å². The van der Waals surface area contributed by atoms with Gasteiger partial charge >= 0.3 is 0 Å². The zero-order valence-corrected chi connectivity index (χ0v) is 9.14. The Hall–Kier alpha value is -1.27. The molecule has 68 valence electrons. The van der Waals surface area contributed by atoms with Crippen molar-refractivity contribution >= 4 is 8.07 Å². The molecule has 13 heavy (non-hydrogen) atoms. The molecule has 1 aromatic rings. The largest absolute Gasteiger partial charge is 0.366 e. The molecule has 0 aliphatic rings. The van der Waals surface area contributed by atoms with Crippen LogP contribution < -0.4 is 5.43 Å². The maximum atomic E-state index is 11.2. The minimum absolute atomic E-state index is 0.00972. The number of rotatable bonds is 0. The van der Waals surface area contributed by atoms with Gasteiger partial charge in [-0.05, 0) is 0 Å². The summed E-state index contributed by atoms with van der Waals surface area (Å²) in [5.74, 6) is 2.92. The number of hydrogen-bond donors (Lipinski definition) is 1. The van der Waals surface area contributed by atoms with E-state index in [1.54, 1.807) is 12.4 Å². The minimum atomic E-state index is -1.38. The lowest BCUT2D eigenvalue weighted by Gasteiger charge is -2.02. The van der Waals surface area contributed by atoms with Crippen LogP contribution in [0.5, 0.6) is 0 Å². The van der Waals surface area contributed by atoms with Crippen molar-refractivity contribution in [3.8, 4) is 11.5 Å². The highest BCUT2D eigenvalue weighted by atomic mass is 28.3. The third-order valence-corrected chi connectivity index (χ3v) is 2.27. The first-order valence-electron chi connectivity index (χ1n) is 4.19. The van der Waals surface area contributed by atoms with E-state index in [0.717, 1.165) is 0 Å². The van der Waals surface area contributed by atoms with Crippen LogP contribution in [0.1, 0.15) is 5.56 Å². The van der Waals surface area contributed by atoms with E-state index in [4.69, 9.17) is 0 Å². The van der Waals surface area contributed by atoms with E-state index in [-0.39, 0.29) is 5.43 Å². The van der Waals surface area contributed by atoms with Crippen molar-refractivity contribution in [3.05, 3.63) is 34.2 Å². The third-order valence-electron chi connectivity index (χ3n) is 1.40. The predicted octanol–water partition coefficient (Wildman–Crippen LogP) is 1.60. The molecule has 2 nitrogen and oxygen atoms in total. The molecule has 1 rings (SSSR count). The molecule has 0 spiro atoms. The summed E-state index contributed by atoms with van der Waals surface area (Å²) in [7, 11) is -1.38. The maximum absolute atomic E-state index is 11.2. The van der Waals surface area contributed by atoms with E-state index in [0.29, 0.717) is 5.56 Å². The van der Waals surface area contributed by atoms with Gasteiger partial charge in [-0.15, -0.1) is 5.54 Å². The second-order valence-corrected chi connectivity index (χ2v) is 8.67. The fraction of sp³-hybridized carbons (Fsp3) is 0.300. The van der Waals surface area contributed by atoms with E-state index in [9.17, 15) is 4.79 Å². The van der Waals surface area contributed by atoms with E-state index in [1.165, 1.54) is 6.07 Å². The van der Waals surface area contributed by atoms with Crippen molar-refractivity contribution in [2.45, 2.75) is 19.6 Å². The van der Waals surface area contributed by atoms with Gasteiger partial charge in [-0.1, -0.05) is 25.6 Å². The summed E-state index contributed by atoms with van der Waals surface area (Å²) in [6.07, 6.45) is 3.26. The highest BCUT2D eigenvalue weighted by molar-refractivity contribution is 6.83. The Kier molecular flexibility index (Phi) is 2.74. The van der Waals surface area contributed by atoms with Gasteiger partial charge in [-0.2, -0.15) is 0 Å². The maximum Gasteiger partial charge on any atom is 0.197 e. The normalized spacial score (nSPS) is 10.4. The van der Waals surface area contributed by atoms with Gasteiger partial charge in [0.25, 0.3) is 0 Å². The number of aromatic amines is 1. The van der Waals surface area contributed by atoms with Gasteiger partial charge in [0.2, 0.25) is 0 Å². The van der Waals surface area contributed by atoms with Crippen LogP contribution >= 0.6 is 0 Å². The molecule has 1 aromatic heterocycles. The zero-order valence-electron chi connectivity index (χ0n) is 8.14. The summed E-state index contributed by atoms with van der Waals surface area (Å²) in [4.78, 5) is 14.1. The average molecular weight is 191 g/mol. The Morgan fingerprint density at radius 1 is 1.38 bits per heavy atom. The molecular formula is C10H13NOSi. The van der Waals surface area contributed by atoms with Crippen LogP contribution in [0.4, 0.5) is 0 Å². The van der Waals surface area contributed by atoms with Crippen LogP contribution in [0.25, 0.3) is 0 Å². The van der Waals surface area contributed by atoms with Gasteiger partial charge in [0.1, 0.15) is 8.07 Å². The van der Waals surface area contributed by atoms with Gasteiger partial charge in [-0.25, -0.2) is 0 Å². The van der Waals surface area contributed by atoms with E-state index < -0.39 is 8.07 Å².